The molecule has 1 aromatic heterocycles. The summed E-state index contributed by atoms with van der Waals surface area (Å²) in [7, 11) is 1.88. The molecule has 0 aliphatic rings. The van der Waals surface area contributed by atoms with Crippen LogP contribution in [0.15, 0.2) is 36.7 Å². The van der Waals surface area contributed by atoms with E-state index in [0.717, 1.165) is 11.1 Å². The molecule has 3 heteroatoms. The summed E-state index contributed by atoms with van der Waals surface area (Å²) in [6, 6.07) is 8.00. The number of hydrogen-bond acceptors (Lipinski definition) is 2. The summed E-state index contributed by atoms with van der Waals surface area (Å²) in [6.07, 6.45) is 4.30. The van der Waals surface area contributed by atoms with E-state index in [1.54, 1.807) is 10.9 Å². The first-order valence-electron chi connectivity index (χ1n) is 5.74. The van der Waals surface area contributed by atoms with E-state index in [2.05, 4.69) is 5.10 Å². The monoisotopic (exact) mass is 230 g/mol. The summed E-state index contributed by atoms with van der Waals surface area (Å²) in [6.45, 7) is 3.88. The van der Waals surface area contributed by atoms with Crippen molar-refractivity contribution < 1.29 is 5.11 Å². The normalized spacial score (nSPS) is 14.6. The van der Waals surface area contributed by atoms with Crippen molar-refractivity contribution in [2.45, 2.75) is 25.9 Å². The summed E-state index contributed by atoms with van der Waals surface area (Å²) in [5, 5.41) is 14.6. The van der Waals surface area contributed by atoms with Crippen molar-refractivity contribution in [2.75, 3.05) is 0 Å². The topological polar surface area (TPSA) is 38.1 Å². The molecule has 0 saturated heterocycles. The van der Waals surface area contributed by atoms with Crippen molar-refractivity contribution in [3.8, 4) is 0 Å². The highest BCUT2D eigenvalue weighted by molar-refractivity contribution is 5.27. The number of aliphatic hydroxyl groups is 1. The first-order chi connectivity index (χ1) is 7.97. The van der Waals surface area contributed by atoms with Gasteiger partial charge in [-0.15, -0.1) is 0 Å². The van der Waals surface area contributed by atoms with E-state index < -0.39 is 5.60 Å². The number of nitrogens with zero attached hydrogens (tertiary/aromatic N) is 2. The van der Waals surface area contributed by atoms with E-state index >= 15 is 0 Å². The fourth-order valence-corrected chi connectivity index (χ4v) is 1.98. The van der Waals surface area contributed by atoms with Gasteiger partial charge in [0.15, 0.2) is 0 Å². The fourth-order valence-electron chi connectivity index (χ4n) is 1.98. The molecule has 2 rings (SSSR count). The smallest absolute Gasteiger partial charge is 0.0909 e. The molecule has 0 bridgehead atoms. The van der Waals surface area contributed by atoms with Crippen molar-refractivity contribution >= 4 is 0 Å². The lowest BCUT2D eigenvalue weighted by Gasteiger charge is -2.23. The van der Waals surface area contributed by atoms with Crippen molar-refractivity contribution in [3.05, 3.63) is 53.3 Å². The fraction of sp³-hybridized carbons (Fsp3) is 0.357. The van der Waals surface area contributed by atoms with Crippen LogP contribution in [0.3, 0.4) is 0 Å². The highest BCUT2D eigenvalue weighted by atomic mass is 16.3. The van der Waals surface area contributed by atoms with Gasteiger partial charge in [0.25, 0.3) is 0 Å². The molecular weight excluding hydrogens is 212 g/mol. The van der Waals surface area contributed by atoms with Gasteiger partial charge in [-0.2, -0.15) is 5.10 Å². The zero-order valence-electron chi connectivity index (χ0n) is 10.5. The Hall–Kier alpha value is -1.61. The number of aryl methyl sites for hydroxylation is 2. The molecule has 0 aliphatic carbocycles. The average molecular weight is 230 g/mol. The standard InChI is InChI=1S/C14H18N2O/c1-11-4-6-13(7-5-11)14(2,17)8-12-9-15-16(3)10-12/h4-7,9-10,17H,8H2,1-3H3. The minimum atomic E-state index is -0.850. The van der Waals surface area contributed by atoms with Crippen LogP contribution in [0.5, 0.6) is 0 Å². The van der Waals surface area contributed by atoms with Gasteiger partial charge in [0, 0.05) is 19.7 Å². The van der Waals surface area contributed by atoms with Crippen LogP contribution in [-0.4, -0.2) is 14.9 Å². The quantitative estimate of drug-likeness (QED) is 0.877. The number of rotatable bonds is 3. The predicted molar refractivity (Wildman–Crippen MR) is 67.7 cm³/mol. The Kier molecular flexibility index (Phi) is 3.03. The third-order valence-corrected chi connectivity index (χ3v) is 2.98. The van der Waals surface area contributed by atoms with E-state index in [1.807, 2.05) is 51.4 Å². The lowest BCUT2D eigenvalue weighted by atomic mass is 9.90. The summed E-state index contributed by atoms with van der Waals surface area (Å²) in [5.41, 5.74) is 2.33. The Morgan fingerprint density at radius 1 is 1.29 bits per heavy atom. The summed E-state index contributed by atoms with van der Waals surface area (Å²) in [5.74, 6) is 0. The van der Waals surface area contributed by atoms with Gasteiger partial charge in [-0.3, -0.25) is 4.68 Å². The summed E-state index contributed by atoms with van der Waals surface area (Å²) in [4.78, 5) is 0. The molecule has 1 atom stereocenters. The van der Waals surface area contributed by atoms with E-state index in [-0.39, 0.29) is 0 Å². The van der Waals surface area contributed by atoms with Gasteiger partial charge >= 0.3 is 0 Å². The first kappa shape index (κ1) is 11.9. The first-order valence-corrected chi connectivity index (χ1v) is 5.74. The van der Waals surface area contributed by atoms with Gasteiger partial charge in [0.05, 0.1) is 11.8 Å². The molecule has 17 heavy (non-hydrogen) atoms. The molecule has 1 unspecified atom stereocenters. The van der Waals surface area contributed by atoms with E-state index in [1.165, 1.54) is 5.56 Å². The van der Waals surface area contributed by atoms with Crippen LogP contribution < -0.4 is 0 Å². The van der Waals surface area contributed by atoms with Gasteiger partial charge in [-0.1, -0.05) is 29.8 Å². The van der Waals surface area contributed by atoms with Crippen molar-refractivity contribution in [2.24, 2.45) is 7.05 Å². The maximum Gasteiger partial charge on any atom is 0.0909 e. The molecule has 0 aliphatic heterocycles. The van der Waals surface area contributed by atoms with Gasteiger partial charge < -0.3 is 5.11 Å². The molecule has 2 aromatic rings. The molecule has 3 nitrogen and oxygen atoms in total. The number of aromatic nitrogens is 2. The molecule has 0 fully saturated rings. The van der Waals surface area contributed by atoms with Gasteiger partial charge in [0.2, 0.25) is 0 Å². The molecule has 0 amide bonds. The molecule has 1 heterocycles. The third kappa shape index (κ3) is 2.74. The van der Waals surface area contributed by atoms with Crippen LogP contribution in [-0.2, 0) is 19.1 Å². The van der Waals surface area contributed by atoms with Crippen molar-refractivity contribution in [3.63, 3.8) is 0 Å². The molecule has 1 aromatic carbocycles. The van der Waals surface area contributed by atoms with Crippen LogP contribution in [0.4, 0.5) is 0 Å². The van der Waals surface area contributed by atoms with Gasteiger partial charge in [-0.05, 0) is 25.0 Å². The summed E-state index contributed by atoms with van der Waals surface area (Å²) >= 11 is 0. The zero-order chi connectivity index (χ0) is 12.5. The Bertz CT molecular complexity index is 497. The maximum absolute atomic E-state index is 10.5. The van der Waals surface area contributed by atoms with Crippen LogP contribution in [0.2, 0.25) is 0 Å². The van der Waals surface area contributed by atoms with Crippen molar-refractivity contribution in [1.29, 1.82) is 0 Å². The predicted octanol–water partition coefficient (Wildman–Crippen LogP) is 2.18. The van der Waals surface area contributed by atoms with Gasteiger partial charge in [0.1, 0.15) is 0 Å². The molecule has 1 N–H and O–H groups in total. The van der Waals surface area contributed by atoms with Crippen LogP contribution in [0.1, 0.15) is 23.6 Å². The van der Waals surface area contributed by atoms with Crippen LogP contribution in [0.25, 0.3) is 0 Å². The minimum Gasteiger partial charge on any atom is -0.385 e. The van der Waals surface area contributed by atoms with Crippen molar-refractivity contribution in [1.82, 2.24) is 9.78 Å². The average Bonchev–Trinajstić information content (AvgIpc) is 2.63. The molecule has 90 valence electrons. The lowest BCUT2D eigenvalue weighted by molar-refractivity contribution is 0.0576. The maximum atomic E-state index is 10.5. The zero-order valence-corrected chi connectivity index (χ0v) is 10.5. The second kappa shape index (κ2) is 4.34. The minimum absolute atomic E-state index is 0.573. The van der Waals surface area contributed by atoms with Gasteiger partial charge in [-0.25, -0.2) is 0 Å². The third-order valence-electron chi connectivity index (χ3n) is 2.98. The second-order valence-electron chi connectivity index (χ2n) is 4.84. The Morgan fingerprint density at radius 3 is 2.47 bits per heavy atom. The molecule has 0 spiro atoms. The van der Waals surface area contributed by atoms with Crippen LogP contribution in [0, 0.1) is 6.92 Å². The summed E-state index contributed by atoms with van der Waals surface area (Å²) < 4.78 is 1.75. The lowest BCUT2D eigenvalue weighted by Crippen LogP contribution is -2.24. The Balaban J connectivity index is 2.21. The Labute approximate surface area is 102 Å². The van der Waals surface area contributed by atoms with Crippen LogP contribution >= 0.6 is 0 Å². The SMILES string of the molecule is Cc1ccc(C(C)(O)Cc2cnn(C)c2)cc1. The Morgan fingerprint density at radius 2 is 1.94 bits per heavy atom. The molecule has 0 radical (unpaired) electrons. The van der Waals surface area contributed by atoms with E-state index in [4.69, 9.17) is 0 Å². The number of hydrogen-bond donors (Lipinski definition) is 1. The molecule has 0 saturated carbocycles. The van der Waals surface area contributed by atoms with E-state index in [0.29, 0.717) is 6.42 Å². The van der Waals surface area contributed by atoms with E-state index in [9.17, 15) is 5.11 Å². The molecular formula is C14H18N2O. The second-order valence-corrected chi connectivity index (χ2v) is 4.84. The highest BCUT2D eigenvalue weighted by Gasteiger charge is 2.23. The number of benzene rings is 1. The largest absolute Gasteiger partial charge is 0.385 e. The highest BCUT2D eigenvalue weighted by Crippen LogP contribution is 2.25.